The summed E-state index contributed by atoms with van der Waals surface area (Å²) < 4.78 is 0. The molecule has 0 atom stereocenters. The van der Waals surface area contributed by atoms with Crippen molar-refractivity contribution >= 4 is 22.8 Å². The number of hydrogen-bond donors (Lipinski definition) is 1. The van der Waals surface area contributed by atoms with Crippen LogP contribution in [0, 0.1) is 0 Å². The maximum Gasteiger partial charge on any atom is 0.292 e. The third-order valence-corrected chi connectivity index (χ3v) is 3.32. The Kier molecular flexibility index (Phi) is 2.77. The lowest BCUT2D eigenvalue weighted by atomic mass is 10.4. The molecule has 0 aliphatic carbocycles. The largest absolute Gasteiger partial charge is 0.292 e. The van der Waals surface area contributed by atoms with E-state index in [9.17, 15) is 4.79 Å². The first-order chi connectivity index (χ1) is 8.84. The summed E-state index contributed by atoms with van der Waals surface area (Å²) >= 11 is 1.44. The molecule has 1 N–H and O–H groups in total. The molecule has 2 aromatic heterocycles. The van der Waals surface area contributed by atoms with Crippen LogP contribution in [0.25, 0.3) is 11.0 Å². The predicted molar refractivity (Wildman–Crippen MR) is 68.5 cm³/mol. The molecule has 0 saturated heterocycles. The van der Waals surface area contributed by atoms with Gasteiger partial charge < -0.3 is 0 Å². The van der Waals surface area contributed by atoms with E-state index in [2.05, 4.69) is 20.2 Å². The molecule has 0 bridgehead atoms. The molecule has 5 nitrogen and oxygen atoms in total. The molecule has 0 aliphatic heterocycles. The van der Waals surface area contributed by atoms with Crippen LogP contribution in [0.4, 0.5) is 0 Å². The number of nitrogens with zero attached hydrogens (tertiary/aromatic N) is 3. The molecule has 0 amide bonds. The summed E-state index contributed by atoms with van der Waals surface area (Å²) in [7, 11) is 0. The van der Waals surface area contributed by atoms with Crippen LogP contribution in [0.1, 0.15) is 0 Å². The zero-order valence-corrected chi connectivity index (χ0v) is 10.0. The van der Waals surface area contributed by atoms with E-state index < -0.39 is 0 Å². The van der Waals surface area contributed by atoms with E-state index in [1.165, 1.54) is 18.0 Å². The van der Waals surface area contributed by atoms with Crippen molar-refractivity contribution in [3.63, 3.8) is 0 Å². The lowest BCUT2D eigenvalue weighted by molar-refractivity contribution is 0.912. The summed E-state index contributed by atoms with van der Waals surface area (Å²) in [6.45, 7) is 0. The standard InChI is InChI=1S/C12H8N4OS/c17-11-9-10(14-7-6-13-9)12(16-15-11)18-8-4-2-1-3-5-8/h1-7H,(H,15,17). The van der Waals surface area contributed by atoms with Crippen LogP contribution in [-0.2, 0) is 0 Å². The summed E-state index contributed by atoms with van der Waals surface area (Å²) in [4.78, 5) is 20.8. The number of nitrogens with one attached hydrogen (secondary N) is 1. The van der Waals surface area contributed by atoms with Gasteiger partial charge in [-0.25, -0.2) is 15.1 Å². The van der Waals surface area contributed by atoms with Crippen LogP contribution in [0.2, 0.25) is 0 Å². The molecular formula is C12H8N4OS. The van der Waals surface area contributed by atoms with Gasteiger partial charge in [-0.2, -0.15) is 5.10 Å². The molecule has 3 aromatic rings. The highest BCUT2D eigenvalue weighted by atomic mass is 32.2. The minimum atomic E-state index is -0.324. The zero-order valence-electron chi connectivity index (χ0n) is 9.20. The molecular weight excluding hydrogens is 248 g/mol. The number of benzene rings is 1. The van der Waals surface area contributed by atoms with Gasteiger partial charge in [0.25, 0.3) is 5.56 Å². The fourth-order valence-corrected chi connectivity index (χ4v) is 2.39. The van der Waals surface area contributed by atoms with Crippen molar-refractivity contribution < 1.29 is 0 Å². The van der Waals surface area contributed by atoms with Gasteiger partial charge in [-0.15, -0.1) is 0 Å². The monoisotopic (exact) mass is 256 g/mol. The summed E-state index contributed by atoms with van der Waals surface area (Å²) in [6.07, 6.45) is 3.05. The van der Waals surface area contributed by atoms with E-state index in [4.69, 9.17) is 0 Å². The van der Waals surface area contributed by atoms with Gasteiger partial charge in [-0.3, -0.25) is 4.79 Å². The van der Waals surface area contributed by atoms with E-state index in [1.807, 2.05) is 30.3 Å². The number of aromatic nitrogens is 4. The maximum absolute atomic E-state index is 11.6. The summed E-state index contributed by atoms with van der Waals surface area (Å²) in [5, 5.41) is 7.10. The second-order valence-corrected chi connectivity index (χ2v) is 4.59. The number of hydrogen-bond acceptors (Lipinski definition) is 5. The molecule has 0 fully saturated rings. The van der Waals surface area contributed by atoms with Crippen LogP contribution in [-0.4, -0.2) is 20.2 Å². The zero-order chi connectivity index (χ0) is 12.4. The van der Waals surface area contributed by atoms with Gasteiger partial charge in [0.05, 0.1) is 0 Å². The van der Waals surface area contributed by atoms with Crippen LogP contribution < -0.4 is 5.56 Å². The van der Waals surface area contributed by atoms with Gasteiger partial charge in [0.2, 0.25) is 0 Å². The minimum Gasteiger partial charge on any atom is -0.265 e. The highest BCUT2D eigenvalue weighted by molar-refractivity contribution is 7.99. The number of aromatic amines is 1. The molecule has 18 heavy (non-hydrogen) atoms. The van der Waals surface area contributed by atoms with Crippen LogP contribution in [0.3, 0.4) is 0 Å². The molecule has 1 aromatic carbocycles. The lowest BCUT2D eigenvalue weighted by Gasteiger charge is -2.02. The number of fused-ring (bicyclic) bond motifs is 1. The van der Waals surface area contributed by atoms with E-state index in [1.54, 1.807) is 6.20 Å². The molecule has 0 aliphatic rings. The van der Waals surface area contributed by atoms with Crippen molar-refractivity contribution in [2.45, 2.75) is 9.92 Å². The number of rotatable bonds is 2. The third kappa shape index (κ3) is 1.98. The second kappa shape index (κ2) is 4.58. The first-order valence-electron chi connectivity index (χ1n) is 5.27. The van der Waals surface area contributed by atoms with Gasteiger partial charge in [0.15, 0.2) is 5.52 Å². The van der Waals surface area contributed by atoms with Crippen LogP contribution >= 0.6 is 11.8 Å². The molecule has 0 saturated carbocycles. The van der Waals surface area contributed by atoms with Crippen LogP contribution in [0.15, 0.2) is 57.4 Å². The van der Waals surface area contributed by atoms with Crippen molar-refractivity contribution in [1.82, 2.24) is 20.2 Å². The normalized spacial score (nSPS) is 10.7. The molecule has 2 heterocycles. The summed E-state index contributed by atoms with van der Waals surface area (Å²) in [5.41, 5.74) is 0.511. The first kappa shape index (κ1) is 10.9. The fourth-order valence-electron chi connectivity index (χ4n) is 1.54. The third-order valence-electron chi connectivity index (χ3n) is 2.33. The maximum atomic E-state index is 11.6. The molecule has 6 heteroatoms. The van der Waals surface area contributed by atoms with Gasteiger partial charge >= 0.3 is 0 Å². The van der Waals surface area contributed by atoms with Crippen molar-refractivity contribution in [2.24, 2.45) is 0 Å². The number of H-pyrrole nitrogens is 1. The van der Waals surface area contributed by atoms with Crippen molar-refractivity contribution in [2.75, 3.05) is 0 Å². The first-order valence-corrected chi connectivity index (χ1v) is 6.08. The lowest BCUT2D eigenvalue weighted by Crippen LogP contribution is -2.11. The summed E-state index contributed by atoms with van der Waals surface area (Å²) in [6, 6.07) is 9.78. The molecule has 88 valence electrons. The van der Waals surface area contributed by atoms with Gasteiger partial charge in [-0.05, 0) is 12.1 Å². The molecule has 0 spiro atoms. The smallest absolute Gasteiger partial charge is 0.265 e. The van der Waals surface area contributed by atoms with Crippen molar-refractivity contribution in [3.8, 4) is 0 Å². The highest BCUT2D eigenvalue weighted by Crippen LogP contribution is 2.28. The molecule has 0 unspecified atom stereocenters. The average Bonchev–Trinajstić information content (AvgIpc) is 2.44. The Labute approximate surface area is 106 Å². The Morgan fingerprint density at radius 2 is 1.72 bits per heavy atom. The molecule has 0 radical (unpaired) electrons. The van der Waals surface area contributed by atoms with Gasteiger partial charge in [0.1, 0.15) is 10.5 Å². The Bertz CT molecular complexity index is 742. The Hall–Kier alpha value is -2.21. The topological polar surface area (TPSA) is 71.5 Å². The average molecular weight is 256 g/mol. The van der Waals surface area contributed by atoms with Gasteiger partial charge in [0, 0.05) is 17.3 Å². The van der Waals surface area contributed by atoms with Crippen LogP contribution in [0.5, 0.6) is 0 Å². The second-order valence-electron chi connectivity index (χ2n) is 3.53. The SMILES string of the molecule is O=c1[nH]nc(Sc2ccccc2)c2nccnc12. The van der Waals surface area contributed by atoms with Crippen molar-refractivity contribution in [1.29, 1.82) is 0 Å². The Morgan fingerprint density at radius 3 is 2.50 bits per heavy atom. The van der Waals surface area contributed by atoms with E-state index >= 15 is 0 Å². The summed E-state index contributed by atoms with van der Waals surface area (Å²) in [5.74, 6) is 0. The Morgan fingerprint density at radius 1 is 1.00 bits per heavy atom. The Balaban J connectivity index is 2.13. The van der Waals surface area contributed by atoms with E-state index in [0.717, 1.165) is 4.90 Å². The van der Waals surface area contributed by atoms with Crippen molar-refractivity contribution in [3.05, 3.63) is 53.1 Å². The highest BCUT2D eigenvalue weighted by Gasteiger charge is 2.09. The molecule has 3 rings (SSSR count). The van der Waals surface area contributed by atoms with E-state index in [0.29, 0.717) is 16.1 Å². The predicted octanol–water partition coefficient (Wildman–Crippen LogP) is 1.86. The quantitative estimate of drug-likeness (QED) is 0.757. The van der Waals surface area contributed by atoms with Gasteiger partial charge in [-0.1, -0.05) is 30.0 Å². The van der Waals surface area contributed by atoms with E-state index in [-0.39, 0.29) is 5.56 Å². The fraction of sp³-hybridized carbons (Fsp3) is 0. The minimum absolute atomic E-state index is 0.311.